The van der Waals surface area contributed by atoms with E-state index in [1.54, 1.807) is 0 Å². The van der Waals surface area contributed by atoms with E-state index in [1.807, 2.05) is 45.9 Å². The van der Waals surface area contributed by atoms with Gasteiger partial charge in [-0.2, -0.15) is 0 Å². The number of hydrogen-bond donors (Lipinski definition) is 2. The molecule has 0 aliphatic heterocycles. The Hall–Kier alpha value is -1.10. The van der Waals surface area contributed by atoms with Gasteiger partial charge in [0.05, 0.1) is 11.1 Å². The normalized spacial score (nSPS) is 13.4. The van der Waals surface area contributed by atoms with E-state index in [1.165, 1.54) is 11.3 Å². The van der Waals surface area contributed by atoms with E-state index in [-0.39, 0.29) is 11.3 Å². The summed E-state index contributed by atoms with van der Waals surface area (Å²) in [5, 5.41) is 14.3. The Balaban J connectivity index is 2.06. The Morgan fingerprint density at radius 1 is 1.41 bits per heavy atom. The van der Waals surface area contributed by atoms with Crippen LogP contribution in [0, 0.1) is 12.3 Å². The Kier molecular flexibility index (Phi) is 5.15. The molecule has 0 bridgehead atoms. The molecule has 0 aliphatic carbocycles. The Morgan fingerprint density at radius 3 is 2.73 bits per heavy atom. The number of thiophene rings is 1. The minimum absolute atomic E-state index is 0.176. The topological polar surface area (TPSA) is 49.3 Å². The highest BCUT2D eigenvalue weighted by molar-refractivity contribution is 7.21. The van der Waals surface area contributed by atoms with Crippen molar-refractivity contribution in [1.29, 1.82) is 0 Å². The first kappa shape index (κ1) is 17.3. The number of halogens is 1. The maximum absolute atomic E-state index is 12.3. The third-order valence-electron chi connectivity index (χ3n) is 3.69. The largest absolute Gasteiger partial charge is 0.393 e. The molecule has 5 heteroatoms. The molecule has 0 saturated carbocycles. The van der Waals surface area contributed by atoms with Crippen LogP contribution in [0.2, 0.25) is 5.02 Å². The van der Waals surface area contributed by atoms with Crippen LogP contribution in [-0.4, -0.2) is 23.7 Å². The van der Waals surface area contributed by atoms with Gasteiger partial charge in [-0.05, 0) is 30.4 Å². The first-order valence-corrected chi connectivity index (χ1v) is 8.54. The number of amides is 1. The minimum Gasteiger partial charge on any atom is -0.393 e. The lowest BCUT2D eigenvalue weighted by atomic mass is 9.87. The minimum atomic E-state index is -0.451. The summed E-state index contributed by atoms with van der Waals surface area (Å²) < 4.78 is 1.02. The summed E-state index contributed by atoms with van der Waals surface area (Å²) in [6.07, 6.45) is 0.0740. The van der Waals surface area contributed by atoms with E-state index in [0.717, 1.165) is 15.6 Å². The Morgan fingerprint density at radius 2 is 2.09 bits per heavy atom. The molecular formula is C17H22ClNO2S. The molecule has 120 valence electrons. The highest BCUT2D eigenvalue weighted by Gasteiger charge is 2.22. The smallest absolute Gasteiger partial charge is 0.262 e. The van der Waals surface area contributed by atoms with Crippen LogP contribution in [0.4, 0.5) is 0 Å². The molecule has 0 spiro atoms. The SMILES string of the molecule is Cc1ccc2c(Cl)c(C(=O)NCC[C@@H](O)C(C)(C)C)sc2c1. The van der Waals surface area contributed by atoms with Crippen molar-refractivity contribution in [3.8, 4) is 0 Å². The molecule has 0 fully saturated rings. The van der Waals surface area contributed by atoms with Gasteiger partial charge in [0, 0.05) is 16.6 Å². The lowest BCUT2D eigenvalue weighted by Gasteiger charge is -2.25. The molecular weight excluding hydrogens is 318 g/mol. The van der Waals surface area contributed by atoms with Gasteiger partial charge >= 0.3 is 0 Å². The Labute approximate surface area is 140 Å². The number of nitrogens with one attached hydrogen (secondary N) is 1. The molecule has 22 heavy (non-hydrogen) atoms. The molecule has 1 aromatic carbocycles. The van der Waals surface area contributed by atoms with Crippen molar-refractivity contribution >= 4 is 38.9 Å². The van der Waals surface area contributed by atoms with E-state index in [4.69, 9.17) is 11.6 Å². The zero-order valence-corrected chi connectivity index (χ0v) is 14.9. The third kappa shape index (κ3) is 3.80. The quantitative estimate of drug-likeness (QED) is 0.867. The van der Waals surface area contributed by atoms with Crippen molar-refractivity contribution in [2.75, 3.05) is 6.54 Å². The fraction of sp³-hybridized carbons (Fsp3) is 0.471. The summed E-state index contributed by atoms with van der Waals surface area (Å²) in [6.45, 7) is 8.38. The lowest BCUT2D eigenvalue weighted by Crippen LogP contribution is -2.32. The van der Waals surface area contributed by atoms with Gasteiger partial charge < -0.3 is 10.4 Å². The summed E-state index contributed by atoms with van der Waals surface area (Å²) in [6, 6.07) is 5.97. The highest BCUT2D eigenvalue weighted by atomic mass is 35.5. The average Bonchev–Trinajstić information content (AvgIpc) is 2.74. The number of aryl methyl sites for hydroxylation is 1. The van der Waals surface area contributed by atoms with Crippen molar-refractivity contribution in [1.82, 2.24) is 5.32 Å². The number of carbonyl (C=O) groups excluding carboxylic acids is 1. The summed E-state index contributed by atoms with van der Waals surface area (Å²) in [4.78, 5) is 12.8. The maximum Gasteiger partial charge on any atom is 0.262 e. The molecule has 3 nitrogen and oxygen atoms in total. The maximum atomic E-state index is 12.3. The van der Waals surface area contributed by atoms with Crippen molar-refractivity contribution < 1.29 is 9.90 Å². The van der Waals surface area contributed by atoms with E-state index >= 15 is 0 Å². The van der Waals surface area contributed by atoms with Crippen LogP contribution in [0.1, 0.15) is 42.4 Å². The molecule has 1 aromatic heterocycles. The molecule has 2 aromatic rings. The van der Waals surface area contributed by atoms with Crippen LogP contribution in [0.25, 0.3) is 10.1 Å². The summed E-state index contributed by atoms with van der Waals surface area (Å²) in [5.41, 5.74) is 0.961. The number of benzene rings is 1. The molecule has 2 rings (SSSR count). The predicted molar refractivity (Wildman–Crippen MR) is 94.0 cm³/mol. The van der Waals surface area contributed by atoms with Gasteiger partial charge in [0.1, 0.15) is 4.88 Å². The number of fused-ring (bicyclic) bond motifs is 1. The van der Waals surface area contributed by atoms with Gasteiger partial charge in [0.2, 0.25) is 0 Å². The van der Waals surface area contributed by atoms with Gasteiger partial charge in [-0.3, -0.25) is 4.79 Å². The number of aliphatic hydroxyl groups excluding tert-OH is 1. The molecule has 0 saturated heterocycles. The third-order valence-corrected chi connectivity index (χ3v) is 5.35. The van der Waals surface area contributed by atoms with Gasteiger partial charge in [0.25, 0.3) is 5.91 Å². The summed E-state index contributed by atoms with van der Waals surface area (Å²) in [7, 11) is 0. The van der Waals surface area contributed by atoms with E-state index < -0.39 is 6.10 Å². The molecule has 1 heterocycles. The standard InChI is InChI=1S/C17H22ClNO2S/c1-10-5-6-11-12(9-10)22-15(14(11)18)16(21)19-8-7-13(20)17(2,3)4/h5-6,9,13,20H,7-8H2,1-4H3,(H,19,21)/t13-/m1/s1. The van der Waals surface area contributed by atoms with Crippen molar-refractivity contribution in [2.24, 2.45) is 5.41 Å². The van der Waals surface area contributed by atoms with Crippen LogP contribution < -0.4 is 5.32 Å². The number of carbonyl (C=O) groups is 1. The molecule has 0 aliphatic rings. The van der Waals surface area contributed by atoms with E-state index in [9.17, 15) is 9.90 Å². The number of rotatable bonds is 4. The van der Waals surface area contributed by atoms with Gasteiger partial charge in [-0.25, -0.2) is 0 Å². The van der Waals surface area contributed by atoms with Crippen LogP contribution in [0.5, 0.6) is 0 Å². The van der Waals surface area contributed by atoms with Crippen LogP contribution in [-0.2, 0) is 0 Å². The van der Waals surface area contributed by atoms with Crippen LogP contribution >= 0.6 is 22.9 Å². The predicted octanol–water partition coefficient (Wildman–Crippen LogP) is 4.39. The zero-order chi connectivity index (χ0) is 16.5. The lowest BCUT2D eigenvalue weighted by molar-refractivity contribution is 0.0551. The fourth-order valence-electron chi connectivity index (χ4n) is 2.15. The van der Waals surface area contributed by atoms with Crippen LogP contribution in [0.3, 0.4) is 0 Å². The first-order chi connectivity index (χ1) is 10.2. The molecule has 0 radical (unpaired) electrons. The monoisotopic (exact) mass is 339 g/mol. The first-order valence-electron chi connectivity index (χ1n) is 7.35. The van der Waals surface area contributed by atoms with Crippen molar-refractivity contribution in [3.63, 3.8) is 0 Å². The fourth-order valence-corrected chi connectivity index (χ4v) is 3.69. The highest BCUT2D eigenvalue weighted by Crippen LogP contribution is 2.35. The summed E-state index contributed by atoms with van der Waals surface area (Å²) >= 11 is 7.72. The van der Waals surface area contributed by atoms with Gasteiger partial charge in [-0.15, -0.1) is 11.3 Å². The second-order valence-electron chi connectivity index (χ2n) is 6.67. The van der Waals surface area contributed by atoms with E-state index in [2.05, 4.69) is 5.32 Å². The Bertz CT molecular complexity index is 688. The number of aliphatic hydroxyl groups is 1. The molecule has 1 atom stereocenters. The summed E-state index contributed by atoms with van der Waals surface area (Å²) in [5.74, 6) is -0.176. The van der Waals surface area contributed by atoms with Crippen molar-refractivity contribution in [2.45, 2.75) is 40.2 Å². The van der Waals surface area contributed by atoms with Crippen molar-refractivity contribution in [3.05, 3.63) is 33.7 Å². The van der Waals surface area contributed by atoms with Crippen LogP contribution in [0.15, 0.2) is 18.2 Å². The van der Waals surface area contributed by atoms with Gasteiger partial charge in [-0.1, -0.05) is 44.5 Å². The molecule has 2 N–H and O–H groups in total. The number of hydrogen-bond acceptors (Lipinski definition) is 3. The second-order valence-corrected chi connectivity index (χ2v) is 8.10. The molecule has 0 unspecified atom stereocenters. The second kappa shape index (κ2) is 6.57. The molecule has 1 amide bonds. The average molecular weight is 340 g/mol. The zero-order valence-electron chi connectivity index (χ0n) is 13.4. The van der Waals surface area contributed by atoms with Gasteiger partial charge in [0.15, 0.2) is 0 Å². The van der Waals surface area contributed by atoms with E-state index in [0.29, 0.717) is 22.9 Å².